The highest BCUT2D eigenvalue weighted by molar-refractivity contribution is 5.86. The second-order valence-corrected chi connectivity index (χ2v) is 6.73. The van der Waals surface area contributed by atoms with Gasteiger partial charge >= 0.3 is 18.3 Å². The zero-order valence-corrected chi connectivity index (χ0v) is 12.6. The Labute approximate surface area is 134 Å². The van der Waals surface area contributed by atoms with Crippen LogP contribution in [0.4, 0.5) is 26.3 Å². The number of carboxylic acids is 1. The van der Waals surface area contributed by atoms with Crippen LogP contribution in [0.2, 0.25) is 0 Å². The third-order valence-electron chi connectivity index (χ3n) is 5.22. The molecule has 2 fully saturated rings. The van der Waals surface area contributed by atoms with Gasteiger partial charge in [-0.3, -0.25) is 0 Å². The summed E-state index contributed by atoms with van der Waals surface area (Å²) >= 11 is 0. The number of halogens is 6. The predicted molar refractivity (Wildman–Crippen MR) is 71.0 cm³/mol. The number of rotatable bonds is 5. The van der Waals surface area contributed by atoms with Crippen molar-refractivity contribution in [3.8, 4) is 0 Å². The lowest BCUT2D eigenvalue weighted by Crippen LogP contribution is -2.56. The molecule has 3 unspecified atom stereocenters. The minimum absolute atomic E-state index is 0.0315. The van der Waals surface area contributed by atoms with Gasteiger partial charge in [-0.1, -0.05) is 12.5 Å². The van der Waals surface area contributed by atoms with Crippen molar-refractivity contribution >= 4 is 5.97 Å². The van der Waals surface area contributed by atoms with Crippen molar-refractivity contribution in [1.29, 1.82) is 0 Å². The molecule has 0 spiro atoms. The Bertz CT molecular complexity index is 508. The summed E-state index contributed by atoms with van der Waals surface area (Å²) in [6.07, 6.45) is -9.81. The molecule has 0 aromatic rings. The summed E-state index contributed by atoms with van der Waals surface area (Å²) in [5, 5.41) is 18.2. The van der Waals surface area contributed by atoms with E-state index in [4.69, 9.17) is 10.2 Å². The molecule has 2 N–H and O–H groups in total. The highest BCUT2D eigenvalue weighted by Crippen LogP contribution is 2.51. The number of carbonyl (C=O) groups is 1. The van der Waals surface area contributed by atoms with Gasteiger partial charge < -0.3 is 10.2 Å². The molecule has 0 aromatic carbocycles. The topological polar surface area (TPSA) is 57.5 Å². The van der Waals surface area contributed by atoms with E-state index in [1.54, 1.807) is 0 Å². The third-order valence-corrected chi connectivity index (χ3v) is 5.22. The molecule has 2 bridgehead atoms. The summed E-state index contributed by atoms with van der Waals surface area (Å²) in [5.41, 5.74) is -5.45. The quantitative estimate of drug-likeness (QED) is 0.574. The van der Waals surface area contributed by atoms with E-state index >= 15 is 0 Å². The van der Waals surface area contributed by atoms with Crippen molar-refractivity contribution < 1.29 is 41.4 Å². The molecule has 2 aliphatic rings. The van der Waals surface area contributed by atoms with E-state index in [0.717, 1.165) is 25.7 Å². The van der Waals surface area contributed by atoms with Gasteiger partial charge in [-0.2, -0.15) is 26.3 Å². The Morgan fingerprint density at radius 1 is 1.04 bits per heavy atom. The van der Waals surface area contributed by atoms with Gasteiger partial charge in [-0.25, -0.2) is 4.79 Å². The fraction of sp³-hybridized carbons (Fsp3) is 0.800. The zero-order chi connectivity index (χ0) is 18.3. The number of aliphatic hydroxyl groups is 1. The van der Waals surface area contributed by atoms with Gasteiger partial charge in [0.2, 0.25) is 0 Å². The number of fused-ring (bicyclic) bond motifs is 2. The summed E-state index contributed by atoms with van der Waals surface area (Å²) < 4.78 is 75.8. The molecular weight excluding hydrogens is 342 g/mol. The van der Waals surface area contributed by atoms with Crippen LogP contribution in [0.3, 0.4) is 0 Å². The summed E-state index contributed by atoms with van der Waals surface area (Å²) in [6.45, 7) is 0. The Balaban J connectivity index is 2.16. The fourth-order valence-electron chi connectivity index (χ4n) is 3.83. The lowest BCUT2D eigenvalue weighted by atomic mass is 9.83. The van der Waals surface area contributed by atoms with Gasteiger partial charge in [0.25, 0.3) is 5.60 Å². The van der Waals surface area contributed by atoms with Gasteiger partial charge in [0, 0.05) is 12.0 Å². The lowest BCUT2D eigenvalue weighted by molar-refractivity contribution is -0.366. The van der Waals surface area contributed by atoms with E-state index in [2.05, 4.69) is 0 Å². The maximum atomic E-state index is 12.6. The summed E-state index contributed by atoms with van der Waals surface area (Å²) in [4.78, 5) is 11.2. The Hall–Kier alpha value is -1.25. The van der Waals surface area contributed by atoms with Gasteiger partial charge in [0.05, 0.1) is 0 Å². The molecule has 0 heterocycles. The molecule has 0 radical (unpaired) electrons. The molecule has 0 saturated heterocycles. The van der Waals surface area contributed by atoms with E-state index in [1.165, 1.54) is 0 Å². The Morgan fingerprint density at radius 2 is 1.62 bits per heavy atom. The molecule has 0 aromatic heterocycles. The first-order valence-electron chi connectivity index (χ1n) is 7.63. The Morgan fingerprint density at radius 3 is 2.00 bits per heavy atom. The summed E-state index contributed by atoms with van der Waals surface area (Å²) in [7, 11) is 0. The van der Waals surface area contributed by atoms with Crippen molar-refractivity contribution in [3.05, 3.63) is 11.6 Å². The molecule has 0 amide bonds. The second kappa shape index (κ2) is 6.24. The largest absolute Gasteiger partial charge is 0.478 e. The maximum absolute atomic E-state index is 12.6. The van der Waals surface area contributed by atoms with Crippen LogP contribution in [0.5, 0.6) is 0 Å². The van der Waals surface area contributed by atoms with E-state index in [0.29, 0.717) is 12.0 Å². The van der Waals surface area contributed by atoms with Crippen LogP contribution in [0, 0.1) is 17.8 Å². The zero-order valence-electron chi connectivity index (χ0n) is 12.6. The van der Waals surface area contributed by atoms with Gasteiger partial charge in [0.1, 0.15) is 0 Å². The Kier molecular flexibility index (Phi) is 4.96. The van der Waals surface area contributed by atoms with Crippen molar-refractivity contribution in [3.63, 3.8) is 0 Å². The van der Waals surface area contributed by atoms with E-state index in [1.807, 2.05) is 0 Å². The van der Waals surface area contributed by atoms with Crippen molar-refractivity contribution in [2.45, 2.75) is 56.5 Å². The third kappa shape index (κ3) is 3.55. The highest BCUT2D eigenvalue weighted by Gasteiger charge is 2.69. The molecule has 2 rings (SSSR count). The molecule has 2 saturated carbocycles. The first-order chi connectivity index (χ1) is 10.8. The average molecular weight is 360 g/mol. The van der Waals surface area contributed by atoms with E-state index in [9.17, 15) is 31.1 Å². The molecular formula is C15H18F6O3. The van der Waals surface area contributed by atoms with E-state index < -0.39 is 35.9 Å². The lowest BCUT2D eigenvalue weighted by Gasteiger charge is -2.31. The van der Waals surface area contributed by atoms with Crippen LogP contribution >= 0.6 is 0 Å². The summed E-state index contributed by atoms with van der Waals surface area (Å²) in [6, 6.07) is 0. The van der Waals surface area contributed by atoms with Crippen LogP contribution in [0.15, 0.2) is 11.6 Å². The van der Waals surface area contributed by atoms with Gasteiger partial charge in [-0.05, 0) is 43.4 Å². The smallest absolute Gasteiger partial charge is 0.426 e. The first-order valence-corrected chi connectivity index (χ1v) is 7.63. The van der Waals surface area contributed by atoms with Gasteiger partial charge in [0.15, 0.2) is 0 Å². The number of alkyl halides is 6. The fourth-order valence-corrected chi connectivity index (χ4v) is 3.83. The minimum Gasteiger partial charge on any atom is -0.478 e. The highest BCUT2D eigenvalue weighted by atomic mass is 19.4. The minimum atomic E-state index is -5.95. The number of carboxylic acid groups (broad SMARTS) is 1. The van der Waals surface area contributed by atoms with Crippen LogP contribution in [0.1, 0.15) is 38.5 Å². The molecule has 9 heteroatoms. The average Bonchev–Trinajstić information content (AvgIpc) is 3.02. The molecule has 138 valence electrons. The predicted octanol–water partition coefficient (Wildman–Crippen LogP) is 4.07. The van der Waals surface area contributed by atoms with Crippen LogP contribution in [0.25, 0.3) is 0 Å². The summed E-state index contributed by atoms with van der Waals surface area (Å²) in [5.74, 6) is -0.834. The molecule has 24 heavy (non-hydrogen) atoms. The van der Waals surface area contributed by atoms with Crippen LogP contribution in [-0.2, 0) is 4.79 Å². The SMILES string of the molecule is O=C(O)C(=CCC(O)(C(F)(F)F)C(F)(F)F)CC1CC2CCC1C2. The van der Waals surface area contributed by atoms with E-state index in [-0.39, 0.29) is 18.3 Å². The number of hydrogen-bond donors (Lipinski definition) is 2. The molecule has 3 atom stereocenters. The molecule has 3 nitrogen and oxygen atoms in total. The van der Waals surface area contributed by atoms with Crippen molar-refractivity contribution in [1.82, 2.24) is 0 Å². The molecule has 2 aliphatic carbocycles. The normalized spacial score (nSPS) is 28.5. The van der Waals surface area contributed by atoms with Gasteiger partial charge in [-0.15, -0.1) is 0 Å². The van der Waals surface area contributed by atoms with Crippen molar-refractivity contribution in [2.75, 3.05) is 0 Å². The molecule has 0 aliphatic heterocycles. The first kappa shape index (κ1) is 19.1. The number of hydrogen-bond acceptors (Lipinski definition) is 2. The van der Waals surface area contributed by atoms with Crippen LogP contribution in [-0.4, -0.2) is 34.1 Å². The van der Waals surface area contributed by atoms with Crippen LogP contribution < -0.4 is 0 Å². The maximum Gasteiger partial charge on any atom is 0.426 e. The van der Waals surface area contributed by atoms with Crippen molar-refractivity contribution in [2.24, 2.45) is 17.8 Å². The number of aliphatic carboxylic acids is 1. The standard InChI is InChI=1S/C15H18F6O3/c16-14(17,18)13(24,15(19,20)21)4-3-10(12(22)23)7-11-6-8-1-2-9(11)5-8/h3,8-9,11,24H,1-2,4-7H2,(H,22,23). The monoisotopic (exact) mass is 360 g/mol. The second-order valence-electron chi connectivity index (χ2n) is 6.73.